The fourth-order valence-electron chi connectivity index (χ4n) is 3.83. The first-order valence-corrected chi connectivity index (χ1v) is 10.4. The maximum Gasteiger partial charge on any atom is 0.234 e. The summed E-state index contributed by atoms with van der Waals surface area (Å²) in [5.41, 5.74) is 4.93. The lowest BCUT2D eigenvalue weighted by atomic mass is 9.96. The second-order valence-electron chi connectivity index (χ2n) is 8.48. The molecule has 6 heteroatoms. The Hall–Kier alpha value is -1.92. The number of carbonyl (C=O) groups is 2. The SMILES string of the molecule is Cc1cc(C)c([C@@H](C)NC(=O)CN2CCN(CC(=O)NC3CC3)CC2)cc1C. The van der Waals surface area contributed by atoms with Crippen LogP contribution in [0.3, 0.4) is 0 Å². The highest BCUT2D eigenvalue weighted by Crippen LogP contribution is 2.21. The molecule has 0 radical (unpaired) electrons. The quantitative estimate of drug-likeness (QED) is 0.748. The van der Waals surface area contributed by atoms with E-state index in [1.807, 2.05) is 6.92 Å². The summed E-state index contributed by atoms with van der Waals surface area (Å²) in [6.45, 7) is 12.6. The monoisotopic (exact) mass is 386 g/mol. The van der Waals surface area contributed by atoms with Crippen LogP contribution < -0.4 is 10.6 Å². The third-order valence-corrected chi connectivity index (χ3v) is 5.87. The minimum absolute atomic E-state index is 0.000732. The number of aryl methyl sites for hydroxylation is 3. The maximum absolute atomic E-state index is 12.5. The number of hydrogen-bond acceptors (Lipinski definition) is 4. The normalized spacial score (nSPS) is 19.3. The fraction of sp³-hybridized carbons (Fsp3) is 0.636. The number of carbonyl (C=O) groups excluding carboxylic acids is 2. The first-order valence-electron chi connectivity index (χ1n) is 10.4. The Morgan fingerprint density at radius 1 is 0.929 bits per heavy atom. The van der Waals surface area contributed by atoms with E-state index < -0.39 is 0 Å². The molecule has 0 bridgehead atoms. The largest absolute Gasteiger partial charge is 0.352 e. The van der Waals surface area contributed by atoms with Crippen LogP contribution >= 0.6 is 0 Å². The van der Waals surface area contributed by atoms with Crippen molar-refractivity contribution in [1.82, 2.24) is 20.4 Å². The molecule has 6 nitrogen and oxygen atoms in total. The van der Waals surface area contributed by atoms with E-state index in [0.29, 0.717) is 19.1 Å². The summed E-state index contributed by atoms with van der Waals surface area (Å²) in [7, 11) is 0. The van der Waals surface area contributed by atoms with E-state index in [2.05, 4.69) is 53.3 Å². The van der Waals surface area contributed by atoms with Crippen LogP contribution in [0.4, 0.5) is 0 Å². The van der Waals surface area contributed by atoms with Crippen LogP contribution in [-0.4, -0.2) is 66.9 Å². The summed E-state index contributed by atoms with van der Waals surface area (Å²) in [5, 5.41) is 6.18. The van der Waals surface area contributed by atoms with Crippen molar-refractivity contribution in [1.29, 1.82) is 0 Å². The molecule has 1 heterocycles. The number of rotatable bonds is 7. The van der Waals surface area contributed by atoms with Crippen molar-refractivity contribution in [3.63, 3.8) is 0 Å². The van der Waals surface area contributed by atoms with Crippen LogP contribution in [0.1, 0.15) is 48.1 Å². The number of nitrogens with one attached hydrogen (secondary N) is 2. The second kappa shape index (κ2) is 9.05. The number of hydrogen-bond donors (Lipinski definition) is 2. The zero-order chi connectivity index (χ0) is 20.3. The summed E-state index contributed by atoms with van der Waals surface area (Å²) >= 11 is 0. The summed E-state index contributed by atoms with van der Waals surface area (Å²) in [4.78, 5) is 28.8. The van der Waals surface area contributed by atoms with E-state index in [4.69, 9.17) is 0 Å². The zero-order valence-corrected chi connectivity index (χ0v) is 17.7. The first-order chi connectivity index (χ1) is 13.3. The van der Waals surface area contributed by atoms with Crippen molar-refractivity contribution in [3.05, 3.63) is 34.4 Å². The van der Waals surface area contributed by atoms with Gasteiger partial charge in [-0.25, -0.2) is 0 Å². The zero-order valence-electron chi connectivity index (χ0n) is 17.7. The van der Waals surface area contributed by atoms with Crippen LogP contribution in [0, 0.1) is 20.8 Å². The number of nitrogens with zero attached hydrogens (tertiary/aromatic N) is 2. The van der Waals surface area contributed by atoms with Gasteiger partial charge in [-0.05, 0) is 62.8 Å². The Labute approximate surface area is 168 Å². The molecule has 1 aromatic rings. The third-order valence-electron chi connectivity index (χ3n) is 5.87. The van der Waals surface area contributed by atoms with Gasteiger partial charge in [0, 0.05) is 32.2 Å². The predicted molar refractivity (Wildman–Crippen MR) is 111 cm³/mol. The average Bonchev–Trinajstić information content (AvgIpc) is 3.43. The second-order valence-corrected chi connectivity index (χ2v) is 8.48. The Bertz CT molecular complexity index is 721. The summed E-state index contributed by atoms with van der Waals surface area (Å²) in [5.74, 6) is 0.191. The average molecular weight is 387 g/mol. The number of piperazine rings is 1. The van der Waals surface area contributed by atoms with Gasteiger partial charge in [-0.1, -0.05) is 12.1 Å². The van der Waals surface area contributed by atoms with Gasteiger partial charge in [-0.3, -0.25) is 19.4 Å². The van der Waals surface area contributed by atoms with Gasteiger partial charge in [0.2, 0.25) is 11.8 Å². The van der Waals surface area contributed by atoms with Gasteiger partial charge >= 0.3 is 0 Å². The van der Waals surface area contributed by atoms with Crippen LogP contribution in [0.5, 0.6) is 0 Å². The molecule has 3 rings (SSSR count). The fourth-order valence-corrected chi connectivity index (χ4v) is 3.83. The smallest absolute Gasteiger partial charge is 0.234 e. The molecule has 0 aromatic heterocycles. The minimum atomic E-state index is -0.000732. The van der Waals surface area contributed by atoms with Crippen LogP contribution in [0.25, 0.3) is 0 Å². The maximum atomic E-state index is 12.5. The van der Waals surface area contributed by atoms with Gasteiger partial charge < -0.3 is 10.6 Å². The molecule has 28 heavy (non-hydrogen) atoms. The van der Waals surface area contributed by atoms with Crippen LogP contribution in [-0.2, 0) is 9.59 Å². The molecule has 2 fully saturated rings. The Kier molecular flexibility index (Phi) is 6.73. The van der Waals surface area contributed by atoms with Gasteiger partial charge in [0.1, 0.15) is 0 Å². The van der Waals surface area contributed by atoms with Gasteiger partial charge in [0.15, 0.2) is 0 Å². The highest BCUT2D eigenvalue weighted by Gasteiger charge is 2.26. The number of amides is 2. The molecule has 2 amide bonds. The lowest BCUT2D eigenvalue weighted by Gasteiger charge is -2.34. The summed E-state index contributed by atoms with van der Waals surface area (Å²) in [6, 6.07) is 4.78. The van der Waals surface area contributed by atoms with Crippen LogP contribution in [0.2, 0.25) is 0 Å². The van der Waals surface area contributed by atoms with E-state index in [0.717, 1.165) is 39.0 Å². The highest BCUT2D eigenvalue weighted by molar-refractivity contribution is 5.79. The summed E-state index contributed by atoms with van der Waals surface area (Å²) < 4.78 is 0. The van der Waals surface area contributed by atoms with Gasteiger partial charge in [0.05, 0.1) is 19.1 Å². The molecule has 1 saturated carbocycles. The molecule has 1 atom stereocenters. The van der Waals surface area contributed by atoms with E-state index in [1.165, 1.54) is 22.3 Å². The van der Waals surface area contributed by atoms with Crippen molar-refractivity contribution in [3.8, 4) is 0 Å². The molecule has 2 N–H and O–H groups in total. The first kappa shape index (κ1) is 20.8. The molecule has 0 spiro atoms. The van der Waals surface area contributed by atoms with Gasteiger partial charge in [0.25, 0.3) is 0 Å². The molecular weight excluding hydrogens is 352 g/mol. The lowest BCUT2D eigenvalue weighted by Crippen LogP contribution is -2.51. The van der Waals surface area contributed by atoms with Crippen molar-refractivity contribution < 1.29 is 9.59 Å². The predicted octanol–water partition coefficient (Wildman–Crippen LogP) is 1.69. The van der Waals surface area contributed by atoms with E-state index in [9.17, 15) is 9.59 Å². The lowest BCUT2D eigenvalue weighted by molar-refractivity contribution is -0.125. The number of benzene rings is 1. The molecule has 1 saturated heterocycles. The van der Waals surface area contributed by atoms with Gasteiger partial charge in [-0.2, -0.15) is 0 Å². The summed E-state index contributed by atoms with van der Waals surface area (Å²) in [6.07, 6.45) is 2.24. The van der Waals surface area contributed by atoms with Crippen molar-refractivity contribution in [2.45, 2.75) is 52.6 Å². The molecular formula is C22H34N4O2. The van der Waals surface area contributed by atoms with Crippen molar-refractivity contribution in [2.75, 3.05) is 39.3 Å². The minimum Gasteiger partial charge on any atom is -0.352 e. The molecule has 2 aliphatic rings. The highest BCUT2D eigenvalue weighted by atomic mass is 16.2. The third kappa shape index (κ3) is 5.79. The molecule has 1 aromatic carbocycles. The Balaban J connectivity index is 1.41. The molecule has 1 aliphatic heterocycles. The molecule has 1 aliphatic carbocycles. The van der Waals surface area contributed by atoms with Crippen molar-refractivity contribution in [2.24, 2.45) is 0 Å². The van der Waals surface area contributed by atoms with E-state index in [-0.39, 0.29) is 17.9 Å². The van der Waals surface area contributed by atoms with Crippen molar-refractivity contribution >= 4 is 11.8 Å². The van der Waals surface area contributed by atoms with Gasteiger partial charge in [-0.15, -0.1) is 0 Å². The van der Waals surface area contributed by atoms with Crippen LogP contribution in [0.15, 0.2) is 12.1 Å². The standard InChI is InChI=1S/C22H34N4O2/c1-15-11-17(3)20(12-16(15)2)18(4)23-21(27)13-25-7-9-26(10-8-25)14-22(28)24-19-5-6-19/h11-12,18-19H,5-10,13-14H2,1-4H3,(H,23,27)(H,24,28)/t18-/m1/s1. The van der Waals surface area contributed by atoms with E-state index in [1.54, 1.807) is 0 Å². The molecule has 0 unspecified atom stereocenters. The molecule has 154 valence electrons. The Morgan fingerprint density at radius 3 is 2.04 bits per heavy atom. The topological polar surface area (TPSA) is 64.7 Å². The van der Waals surface area contributed by atoms with E-state index >= 15 is 0 Å². The Morgan fingerprint density at radius 2 is 1.46 bits per heavy atom.